The second-order valence-corrected chi connectivity index (χ2v) is 7.69. The van der Waals surface area contributed by atoms with E-state index in [9.17, 15) is 13.9 Å². The molecule has 30 heavy (non-hydrogen) atoms. The first kappa shape index (κ1) is 19.6. The zero-order valence-corrected chi connectivity index (χ0v) is 16.4. The number of rotatable bonds is 5. The molecule has 4 atom stereocenters. The molecule has 5 rings (SSSR count). The number of aromatic nitrogens is 3. The van der Waals surface area contributed by atoms with Crippen molar-refractivity contribution in [2.24, 2.45) is 0 Å². The average Bonchev–Trinajstić information content (AvgIpc) is 3.44. The molecular weight excluding hydrogens is 420 g/mol. The molecule has 4 unspecified atom stereocenters. The number of alkyl halides is 2. The van der Waals surface area contributed by atoms with Gasteiger partial charge in [0.15, 0.2) is 11.8 Å². The molecule has 0 spiro atoms. The lowest BCUT2D eigenvalue weighted by Crippen LogP contribution is -2.32. The summed E-state index contributed by atoms with van der Waals surface area (Å²) in [6, 6.07) is 7.99. The second-order valence-electron chi connectivity index (χ2n) is 7.29. The Labute approximate surface area is 174 Å². The van der Waals surface area contributed by atoms with Crippen LogP contribution in [0.4, 0.5) is 8.78 Å². The number of hydrogen-bond donors (Lipinski definition) is 2. The van der Waals surface area contributed by atoms with Crippen LogP contribution in [0, 0.1) is 0 Å². The van der Waals surface area contributed by atoms with Crippen LogP contribution >= 0.6 is 11.6 Å². The van der Waals surface area contributed by atoms with Crippen LogP contribution < -0.4 is 4.74 Å². The number of pyridine rings is 1. The number of nitrogens with zero attached hydrogens (tertiary/aromatic N) is 2. The summed E-state index contributed by atoms with van der Waals surface area (Å²) in [6.07, 6.45) is -4.12. The number of benzene rings is 1. The van der Waals surface area contributed by atoms with E-state index >= 15 is 0 Å². The number of aliphatic hydroxyl groups excluding tert-OH is 1. The molecule has 0 saturated carbocycles. The summed E-state index contributed by atoms with van der Waals surface area (Å²) in [7, 11) is 0. The van der Waals surface area contributed by atoms with Gasteiger partial charge in [0.1, 0.15) is 12.2 Å². The minimum Gasteiger partial charge on any atom is -0.456 e. The van der Waals surface area contributed by atoms with Crippen LogP contribution in [0.1, 0.15) is 18.1 Å². The maximum absolute atomic E-state index is 12.7. The van der Waals surface area contributed by atoms with E-state index in [0.717, 1.165) is 6.42 Å². The van der Waals surface area contributed by atoms with Crippen LogP contribution in [0.3, 0.4) is 0 Å². The number of halogens is 3. The lowest BCUT2D eigenvalue weighted by molar-refractivity contribution is -0.00577. The first-order valence-corrected chi connectivity index (χ1v) is 9.90. The first-order chi connectivity index (χ1) is 14.5. The highest BCUT2D eigenvalue weighted by Crippen LogP contribution is 2.32. The number of fused-ring (bicyclic) bond motifs is 2. The highest BCUT2D eigenvalue weighted by atomic mass is 35.5. The van der Waals surface area contributed by atoms with Crippen LogP contribution in [0.5, 0.6) is 6.01 Å². The predicted molar refractivity (Wildman–Crippen MR) is 104 cm³/mol. The van der Waals surface area contributed by atoms with Gasteiger partial charge in [-0.15, -0.1) is 0 Å². The Hall–Kier alpha value is -2.33. The van der Waals surface area contributed by atoms with E-state index in [1.807, 2.05) is 0 Å². The Morgan fingerprint density at radius 2 is 2.00 bits per heavy atom. The van der Waals surface area contributed by atoms with Gasteiger partial charge in [0.25, 0.3) is 12.4 Å². The van der Waals surface area contributed by atoms with Crippen molar-refractivity contribution in [2.75, 3.05) is 13.2 Å². The summed E-state index contributed by atoms with van der Waals surface area (Å²) < 4.78 is 42.6. The van der Waals surface area contributed by atoms with E-state index in [0.29, 0.717) is 46.7 Å². The monoisotopic (exact) mass is 437 g/mol. The van der Waals surface area contributed by atoms with Crippen LogP contribution in [-0.4, -0.2) is 58.0 Å². The van der Waals surface area contributed by atoms with Crippen molar-refractivity contribution in [3.05, 3.63) is 40.9 Å². The summed E-state index contributed by atoms with van der Waals surface area (Å²) in [6.45, 7) is 1.09. The largest absolute Gasteiger partial charge is 0.456 e. The standard InChI is InChI=1S/C20H18ClF2N3O4/c21-11-7-12-19(25-15(11)9-1-3-10(4-2-9)16(27)18(22)23)26-20(24-12)30-14-8-29-13-5-6-28-17(13)14/h1-4,7,13-14,16-18,27H,5-6,8H2,(H,24,25,26). The number of hydrogen-bond acceptors (Lipinski definition) is 6. The van der Waals surface area contributed by atoms with Gasteiger partial charge >= 0.3 is 0 Å². The van der Waals surface area contributed by atoms with Crippen LogP contribution in [0.25, 0.3) is 22.4 Å². The fraction of sp³-hybridized carbons (Fsp3) is 0.400. The highest BCUT2D eigenvalue weighted by Gasteiger charge is 2.43. The van der Waals surface area contributed by atoms with Gasteiger partial charge in [0.05, 0.1) is 28.9 Å². The molecule has 0 amide bonds. The van der Waals surface area contributed by atoms with E-state index < -0.39 is 12.5 Å². The van der Waals surface area contributed by atoms with Gasteiger partial charge in [-0.05, 0) is 18.1 Å². The summed E-state index contributed by atoms with van der Waals surface area (Å²) >= 11 is 6.38. The van der Waals surface area contributed by atoms with Crippen molar-refractivity contribution in [3.63, 3.8) is 0 Å². The van der Waals surface area contributed by atoms with Crippen LogP contribution in [0.15, 0.2) is 30.3 Å². The Morgan fingerprint density at radius 1 is 1.20 bits per heavy atom. The van der Waals surface area contributed by atoms with Gasteiger partial charge in [-0.1, -0.05) is 35.9 Å². The Bertz CT molecular complexity index is 1060. The normalized spacial score (nSPS) is 24.5. The quantitative estimate of drug-likeness (QED) is 0.635. The third-order valence-electron chi connectivity index (χ3n) is 5.35. The molecule has 2 saturated heterocycles. The smallest absolute Gasteiger partial charge is 0.296 e. The molecule has 3 aromatic rings. The molecule has 0 bridgehead atoms. The number of aromatic amines is 1. The van der Waals surface area contributed by atoms with E-state index in [1.54, 1.807) is 18.2 Å². The third kappa shape index (κ3) is 3.51. The van der Waals surface area contributed by atoms with Crippen molar-refractivity contribution in [3.8, 4) is 17.3 Å². The summed E-state index contributed by atoms with van der Waals surface area (Å²) in [5.41, 5.74) is 2.19. The Kier molecular flexibility index (Phi) is 5.06. The number of ether oxygens (including phenoxy) is 3. The van der Waals surface area contributed by atoms with Crippen molar-refractivity contribution in [1.82, 2.24) is 15.0 Å². The number of aliphatic hydroxyl groups is 1. The molecule has 158 valence electrons. The van der Waals surface area contributed by atoms with Gasteiger partial charge in [-0.25, -0.2) is 13.8 Å². The first-order valence-electron chi connectivity index (χ1n) is 9.52. The maximum atomic E-state index is 12.7. The van der Waals surface area contributed by atoms with E-state index in [-0.39, 0.29) is 23.9 Å². The molecule has 2 fully saturated rings. The molecule has 10 heteroatoms. The summed E-state index contributed by atoms with van der Waals surface area (Å²) in [5.74, 6) is 0. The van der Waals surface area contributed by atoms with Crippen LogP contribution in [-0.2, 0) is 9.47 Å². The zero-order valence-electron chi connectivity index (χ0n) is 15.6. The summed E-state index contributed by atoms with van der Waals surface area (Å²) in [4.78, 5) is 11.9. The maximum Gasteiger partial charge on any atom is 0.296 e. The Balaban J connectivity index is 1.40. The minimum absolute atomic E-state index is 0.0603. The van der Waals surface area contributed by atoms with Gasteiger partial charge < -0.3 is 24.3 Å². The molecule has 2 N–H and O–H groups in total. The highest BCUT2D eigenvalue weighted by molar-refractivity contribution is 6.33. The molecule has 1 aromatic carbocycles. The molecule has 2 aromatic heterocycles. The molecule has 0 radical (unpaired) electrons. The molecule has 4 heterocycles. The molecule has 2 aliphatic heterocycles. The van der Waals surface area contributed by atoms with E-state index in [2.05, 4.69) is 15.0 Å². The lowest BCUT2D eigenvalue weighted by Gasteiger charge is -2.15. The van der Waals surface area contributed by atoms with Gasteiger partial charge in [0, 0.05) is 12.2 Å². The summed E-state index contributed by atoms with van der Waals surface area (Å²) in [5, 5.41) is 9.86. The van der Waals surface area contributed by atoms with Gasteiger partial charge in [-0.3, -0.25) is 0 Å². The SMILES string of the molecule is OC(c1ccc(-c2nc3nc(OC4COC5CCOC54)[nH]c3cc2Cl)cc1)C(F)F. The van der Waals surface area contributed by atoms with E-state index in [1.165, 1.54) is 12.1 Å². The van der Waals surface area contributed by atoms with Gasteiger partial charge in [0.2, 0.25) is 0 Å². The molecule has 2 aliphatic rings. The van der Waals surface area contributed by atoms with Crippen molar-refractivity contribution < 1.29 is 28.1 Å². The molecular formula is C20H18ClF2N3O4. The zero-order chi connectivity index (χ0) is 20.8. The second kappa shape index (κ2) is 7.73. The Morgan fingerprint density at radius 3 is 2.77 bits per heavy atom. The van der Waals surface area contributed by atoms with Crippen LogP contribution in [0.2, 0.25) is 5.02 Å². The minimum atomic E-state index is -2.86. The fourth-order valence-electron chi connectivity index (χ4n) is 3.81. The third-order valence-corrected chi connectivity index (χ3v) is 5.64. The molecule has 7 nitrogen and oxygen atoms in total. The van der Waals surface area contributed by atoms with Gasteiger partial charge in [-0.2, -0.15) is 4.98 Å². The van der Waals surface area contributed by atoms with Crippen molar-refractivity contribution in [1.29, 1.82) is 0 Å². The fourth-order valence-corrected chi connectivity index (χ4v) is 4.07. The number of imidazole rings is 1. The number of H-pyrrole nitrogens is 1. The molecule has 0 aliphatic carbocycles. The van der Waals surface area contributed by atoms with Crippen molar-refractivity contribution in [2.45, 2.75) is 37.3 Å². The van der Waals surface area contributed by atoms with Crippen molar-refractivity contribution >= 4 is 22.8 Å². The topological polar surface area (TPSA) is 89.5 Å². The number of nitrogens with one attached hydrogen (secondary N) is 1. The average molecular weight is 438 g/mol. The predicted octanol–water partition coefficient (Wildman–Crippen LogP) is 3.51. The van der Waals surface area contributed by atoms with E-state index in [4.69, 9.17) is 25.8 Å². The lowest BCUT2D eigenvalue weighted by atomic mass is 10.0.